The Bertz CT molecular complexity index is 676. The van der Waals surface area contributed by atoms with Crippen LogP contribution in [0.15, 0.2) is 41.4 Å². The molecule has 1 N–H and O–H groups in total. The molecule has 4 rings (SSSR count). The molecule has 0 saturated carbocycles. The number of hydrogen-bond donors (Lipinski definition) is 1. The van der Waals surface area contributed by atoms with Gasteiger partial charge in [0.15, 0.2) is 0 Å². The van der Waals surface area contributed by atoms with Gasteiger partial charge in [0.25, 0.3) is 0 Å². The molecular formula is C17H20N4O3. The molecule has 0 unspecified atom stereocenters. The van der Waals surface area contributed by atoms with Gasteiger partial charge < -0.3 is 19.4 Å². The number of aromatic nitrogens is 2. The minimum Gasteiger partial charge on any atom is -0.467 e. The Morgan fingerprint density at radius 3 is 3.17 bits per heavy atom. The highest BCUT2D eigenvalue weighted by Crippen LogP contribution is 2.34. The van der Waals surface area contributed by atoms with Crippen LogP contribution in [0.2, 0.25) is 0 Å². The predicted molar refractivity (Wildman–Crippen MR) is 86.2 cm³/mol. The van der Waals surface area contributed by atoms with Gasteiger partial charge >= 0.3 is 0 Å². The molecule has 2 aliphatic heterocycles. The van der Waals surface area contributed by atoms with Crippen LogP contribution in [-0.4, -0.2) is 41.2 Å². The lowest BCUT2D eigenvalue weighted by molar-refractivity contribution is -0.132. The Morgan fingerprint density at radius 1 is 1.42 bits per heavy atom. The van der Waals surface area contributed by atoms with Crippen molar-refractivity contribution in [1.82, 2.24) is 15.3 Å². The van der Waals surface area contributed by atoms with E-state index in [0.717, 1.165) is 37.5 Å². The van der Waals surface area contributed by atoms with E-state index >= 15 is 0 Å². The van der Waals surface area contributed by atoms with Crippen LogP contribution in [0.1, 0.15) is 18.6 Å². The number of carbonyl (C=O) groups is 1. The maximum atomic E-state index is 12.3. The molecule has 2 fully saturated rings. The highest BCUT2D eigenvalue weighted by atomic mass is 16.5. The van der Waals surface area contributed by atoms with Gasteiger partial charge in [-0.05, 0) is 37.0 Å². The fraction of sp³-hybridized carbons (Fsp3) is 0.471. The predicted octanol–water partition coefficient (Wildman–Crippen LogP) is 1.37. The Morgan fingerprint density at radius 2 is 2.38 bits per heavy atom. The van der Waals surface area contributed by atoms with Crippen LogP contribution in [0.4, 0.5) is 5.82 Å². The summed E-state index contributed by atoms with van der Waals surface area (Å²) < 4.78 is 11.3. The number of piperidine rings is 1. The Kier molecular flexibility index (Phi) is 4.17. The van der Waals surface area contributed by atoms with Crippen LogP contribution in [0.5, 0.6) is 0 Å². The summed E-state index contributed by atoms with van der Waals surface area (Å²) in [7, 11) is 0. The number of carbonyl (C=O) groups excluding carboxylic acids is 1. The third-order valence-electron chi connectivity index (χ3n) is 4.75. The van der Waals surface area contributed by atoms with Gasteiger partial charge in [-0.25, -0.2) is 9.97 Å². The number of nitrogens with one attached hydrogen (secondary N) is 1. The van der Waals surface area contributed by atoms with E-state index < -0.39 is 0 Å². The van der Waals surface area contributed by atoms with Crippen molar-refractivity contribution in [2.45, 2.75) is 31.6 Å². The fourth-order valence-electron chi connectivity index (χ4n) is 3.48. The van der Waals surface area contributed by atoms with Crippen molar-refractivity contribution in [3.05, 3.63) is 42.7 Å². The normalized spacial score (nSPS) is 26.2. The number of furan rings is 1. The first-order valence-electron chi connectivity index (χ1n) is 8.26. The van der Waals surface area contributed by atoms with Gasteiger partial charge in [0.05, 0.1) is 18.9 Å². The zero-order valence-corrected chi connectivity index (χ0v) is 13.3. The van der Waals surface area contributed by atoms with Gasteiger partial charge in [0.2, 0.25) is 5.91 Å². The molecule has 0 bridgehead atoms. The molecule has 4 heterocycles. The van der Waals surface area contributed by atoms with E-state index in [9.17, 15) is 4.79 Å². The topological polar surface area (TPSA) is 80.5 Å². The van der Waals surface area contributed by atoms with Crippen LogP contribution in [-0.2, 0) is 16.1 Å². The second-order valence-corrected chi connectivity index (χ2v) is 6.26. The lowest BCUT2D eigenvalue weighted by atomic mass is 9.91. The molecule has 0 aromatic carbocycles. The molecule has 2 aromatic rings. The molecule has 0 spiro atoms. The van der Waals surface area contributed by atoms with E-state index in [0.29, 0.717) is 12.5 Å². The Labute approximate surface area is 140 Å². The summed E-state index contributed by atoms with van der Waals surface area (Å²) in [6.07, 6.45) is 6.40. The van der Waals surface area contributed by atoms with Crippen molar-refractivity contribution in [3.8, 4) is 0 Å². The number of nitrogens with zero attached hydrogens (tertiary/aromatic N) is 3. The van der Waals surface area contributed by atoms with Gasteiger partial charge in [0, 0.05) is 19.3 Å². The number of amides is 1. The van der Waals surface area contributed by atoms with Gasteiger partial charge in [-0.3, -0.25) is 4.79 Å². The van der Waals surface area contributed by atoms with Crippen LogP contribution in [0.3, 0.4) is 0 Å². The largest absolute Gasteiger partial charge is 0.467 e. The van der Waals surface area contributed by atoms with Crippen molar-refractivity contribution in [1.29, 1.82) is 0 Å². The number of hydrogen-bond acceptors (Lipinski definition) is 6. The van der Waals surface area contributed by atoms with Gasteiger partial charge in [-0.2, -0.15) is 0 Å². The average molecular weight is 328 g/mol. The third kappa shape index (κ3) is 3.12. The van der Waals surface area contributed by atoms with Gasteiger partial charge in [0.1, 0.15) is 24.0 Å². The smallest absolute Gasteiger partial charge is 0.249 e. The summed E-state index contributed by atoms with van der Waals surface area (Å²) in [6, 6.07) is 5.56. The molecule has 0 radical (unpaired) electrons. The fourth-order valence-corrected chi connectivity index (χ4v) is 3.48. The lowest BCUT2D eigenvalue weighted by Crippen LogP contribution is -2.43. The van der Waals surface area contributed by atoms with Crippen LogP contribution in [0, 0.1) is 5.92 Å². The number of ether oxygens (including phenoxy) is 1. The second kappa shape index (κ2) is 6.60. The molecule has 0 aliphatic carbocycles. The monoisotopic (exact) mass is 328 g/mol. The van der Waals surface area contributed by atoms with Crippen LogP contribution >= 0.6 is 0 Å². The Hall–Kier alpha value is -2.41. The zero-order chi connectivity index (χ0) is 16.4. The van der Waals surface area contributed by atoms with Crippen molar-refractivity contribution in [2.75, 3.05) is 18.0 Å². The van der Waals surface area contributed by atoms with E-state index in [1.807, 2.05) is 18.2 Å². The van der Waals surface area contributed by atoms with Crippen molar-refractivity contribution >= 4 is 11.7 Å². The summed E-state index contributed by atoms with van der Waals surface area (Å²) in [5.41, 5.74) is 0. The van der Waals surface area contributed by atoms with Crippen LogP contribution in [0.25, 0.3) is 0 Å². The first-order chi connectivity index (χ1) is 11.8. The molecule has 7 heteroatoms. The third-order valence-corrected chi connectivity index (χ3v) is 4.75. The van der Waals surface area contributed by atoms with Gasteiger partial charge in [-0.15, -0.1) is 0 Å². The van der Waals surface area contributed by atoms with Crippen molar-refractivity contribution in [2.24, 2.45) is 5.92 Å². The SMILES string of the molecule is O=C(NCc1ccco1)[C@H]1C[C@@H]2CCN(c3ccncn3)C[C@@H]2O1. The molecule has 2 aliphatic rings. The molecule has 2 aromatic heterocycles. The summed E-state index contributed by atoms with van der Waals surface area (Å²) in [5, 5.41) is 2.89. The minimum atomic E-state index is -0.375. The summed E-state index contributed by atoms with van der Waals surface area (Å²) >= 11 is 0. The summed E-state index contributed by atoms with van der Waals surface area (Å²) in [4.78, 5) is 22.8. The van der Waals surface area contributed by atoms with E-state index in [4.69, 9.17) is 9.15 Å². The first kappa shape index (κ1) is 15.1. The quantitative estimate of drug-likeness (QED) is 0.913. The molecule has 126 valence electrons. The number of anilines is 1. The number of rotatable bonds is 4. The van der Waals surface area contributed by atoms with E-state index in [1.54, 1.807) is 18.8 Å². The minimum absolute atomic E-state index is 0.0608. The van der Waals surface area contributed by atoms with Crippen molar-refractivity contribution in [3.63, 3.8) is 0 Å². The molecule has 24 heavy (non-hydrogen) atoms. The molecule has 2 saturated heterocycles. The highest BCUT2D eigenvalue weighted by molar-refractivity contribution is 5.81. The first-order valence-corrected chi connectivity index (χ1v) is 8.26. The standard InChI is InChI=1S/C17H20N4O3/c22-17(19-9-13-2-1-7-23-13)14-8-12-4-6-21(10-15(12)24-14)16-3-5-18-11-20-16/h1-3,5,7,11-12,14-15H,4,6,8-10H2,(H,19,22)/t12-,14+,15-/m0/s1. The maximum absolute atomic E-state index is 12.3. The molecule has 1 amide bonds. The highest BCUT2D eigenvalue weighted by Gasteiger charge is 2.42. The maximum Gasteiger partial charge on any atom is 0.249 e. The second-order valence-electron chi connectivity index (χ2n) is 6.26. The van der Waals surface area contributed by atoms with E-state index in [2.05, 4.69) is 20.2 Å². The number of fused-ring (bicyclic) bond motifs is 1. The zero-order valence-electron chi connectivity index (χ0n) is 13.3. The Balaban J connectivity index is 1.33. The summed E-state index contributed by atoms with van der Waals surface area (Å²) in [5.74, 6) is 2.03. The lowest BCUT2D eigenvalue weighted by Gasteiger charge is -2.34. The average Bonchev–Trinajstić information content (AvgIpc) is 3.29. The van der Waals surface area contributed by atoms with Gasteiger partial charge in [-0.1, -0.05) is 0 Å². The molecule has 7 nitrogen and oxygen atoms in total. The van der Waals surface area contributed by atoms with E-state index in [1.165, 1.54) is 0 Å². The van der Waals surface area contributed by atoms with Crippen LogP contribution < -0.4 is 10.2 Å². The summed E-state index contributed by atoms with van der Waals surface area (Å²) in [6.45, 7) is 2.10. The molecule has 3 atom stereocenters. The van der Waals surface area contributed by atoms with Crippen molar-refractivity contribution < 1.29 is 13.9 Å². The van der Waals surface area contributed by atoms with E-state index in [-0.39, 0.29) is 18.1 Å². The molecular weight excluding hydrogens is 308 g/mol.